The second-order valence-electron chi connectivity index (χ2n) is 3.86. The predicted molar refractivity (Wildman–Crippen MR) is 70.7 cm³/mol. The van der Waals surface area contributed by atoms with Crippen molar-refractivity contribution in [3.63, 3.8) is 0 Å². The van der Waals surface area contributed by atoms with Crippen LogP contribution in [0.1, 0.15) is 5.56 Å². The zero-order valence-electron chi connectivity index (χ0n) is 9.70. The Kier molecular flexibility index (Phi) is 4.18. The maximum Gasteiger partial charge on any atom is 0.145 e. The first-order valence-corrected chi connectivity index (χ1v) is 5.99. The van der Waals surface area contributed by atoms with Crippen molar-refractivity contribution in [2.24, 2.45) is 5.73 Å². The normalized spacial score (nSPS) is 10.4. The number of ether oxygens (including phenoxy) is 1. The smallest absolute Gasteiger partial charge is 0.145 e. The van der Waals surface area contributed by atoms with E-state index in [2.05, 4.69) is 0 Å². The highest BCUT2D eigenvalue weighted by molar-refractivity contribution is 6.30. The molecule has 0 spiro atoms. The molecule has 0 radical (unpaired) electrons. The maximum atomic E-state index is 13.2. The number of halogens is 2. The molecule has 0 aliphatic rings. The van der Waals surface area contributed by atoms with Crippen LogP contribution in [0.2, 0.25) is 5.02 Å². The Morgan fingerprint density at radius 3 is 2.33 bits per heavy atom. The van der Waals surface area contributed by atoms with Crippen LogP contribution in [0.15, 0.2) is 42.5 Å². The molecule has 2 N–H and O–H groups in total. The van der Waals surface area contributed by atoms with Gasteiger partial charge >= 0.3 is 0 Å². The topological polar surface area (TPSA) is 35.2 Å². The van der Waals surface area contributed by atoms with Crippen LogP contribution in [-0.4, -0.2) is 6.54 Å². The van der Waals surface area contributed by atoms with Gasteiger partial charge in [0.1, 0.15) is 17.3 Å². The van der Waals surface area contributed by atoms with Crippen LogP contribution >= 0.6 is 11.6 Å². The van der Waals surface area contributed by atoms with Crippen molar-refractivity contribution in [1.82, 2.24) is 0 Å². The van der Waals surface area contributed by atoms with Crippen molar-refractivity contribution >= 4 is 11.6 Å². The molecule has 2 rings (SSSR count). The van der Waals surface area contributed by atoms with E-state index in [4.69, 9.17) is 22.1 Å². The Bertz CT molecular complexity index is 528. The Labute approximate surface area is 110 Å². The van der Waals surface area contributed by atoms with Crippen molar-refractivity contribution < 1.29 is 9.13 Å². The fourth-order valence-electron chi connectivity index (χ4n) is 1.57. The van der Waals surface area contributed by atoms with E-state index in [1.807, 2.05) is 24.3 Å². The Morgan fingerprint density at radius 1 is 1.06 bits per heavy atom. The summed E-state index contributed by atoms with van der Waals surface area (Å²) in [6.07, 6.45) is 0.829. The lowest BCUT2D eigenvalue weighted by Gasteiger charge is -2.07. The minimum Gasteiger partial charge on any atom is -0.457 e. The molecule has 2 aromatic carbocycles. The lowest BCUT2D eigenvalue weighted by Crippen LogP contribution is -2.02. The molecule has 4 heteroatoms. The Hall–Kier alpha value is -1.58. The van der Waals surface area contributed by atoms with Gasteiger partial charge in [0.15, 0.2) is 0 Å². The molecule has 0 fully saturated rings. The summed E-state index contributed by atoms with van der Waals surface area (Å²) < 4.78 is 18.7. The van der Waals surface area contributed by atoms with Crippen LogP contribution in [0, 0.1) is 5.82 Å². The summed E-state index contributed by atoms with van der Waals surface area (Å²) >= 11 is 5.60. The molecule has 2 nitrogen and oxygen atoms in total. The van der Waals surface area contributed by atoms with Gasteiger partial charge in [0.2, 0.25) is 0 Å². The molecule has 18 heavy (non-hydrogen) atoms. The highest BCUT2D eigenvalue weighted by atomic mass is 35.5. The third kappa shape index (κ3) is 3.22. The Morgan fingerprint density at radius 2 is 1.72 bits per heavy atom. The minimum atomic E-state index is -0.492. The fourth-order valence-corrected chi connectivity index (χ4v) is 1.68. The van der Waals surface area contributed by atoms with Crippen molar-refractivity contribution in [3.8, 4) is 11.5 Å². The van der Waals surface area contributed by atoms with E-state index in [1.165, 1.54) is 12.1 Å². The van der Waals surface area contributed by atoms with Gasteiger partial charge in [0.05, 0.1) is 5.02 Å². The first-order valence-electron chi connectivity index (χ1n) is 5.61. The van der Waals surface area contributed by atoms with Crippen molar-refractivity contribution in [3.05, 3.63) is 58.9 Å². The molecule has 0 saturated heterocycles. The molecule has 0 heterocycles. The summed E-state index contributed by atoms with van der Waals surface area (Å²) in [4.78, 5) is 0. The summed E-state index contributed by atoms with van der Waals surface area (Å²) in [6, 6.07) is 11.9. The SMILES string of the molecule is NCCc1ccc(Oc2ccc(Cl)c(F)c2)cc1. The average molecular weight is 266 g/mol. The molecule has 0 aromatic heterocycles. The molecule has 94 valence electrons. The van der Waals surface area contributed by atoms with E-state index in [-0.39, 0.29) is 5.02 Å². The van der Waals surface area contributed by atoms with Crippen molar-refractivity contribution in [2.45, 2.75) is 6.42 Å². The quantitative estimate of drug-likeness (QED) is 0.913. The number of rotatable bonds is 4. The first kappa shape index (κ1) is 12.9. The second kappa shape index (κ2) is 5.85. The zero-order valence-corrected chi connectivity index (χ0v) is 10.5. The summed E-state index contributed by atoms with van der Waals surface area (Å²) in [5, 5.41) is 0.0839. The molecular weight excluding hydrogens is 253 g/mol. The number of hydrogen-bond donors (Lipinski definition) is 1. The molecule has 0 aliphatic heterocycles. The van der Waals surface area contributed by atoms with E-state index in [9.17, 15) is 4.39 Å². The van der Waals surface area contributed by atoms with Gasteiger partial charge in [-0.1, -0.05) is 23.7 Å². The molecule has 0 amide bonds. The highest BCUT2D eigenvalue weighted by Crippen LogP contribution is 2.25. The third-order valence-electron chi connectivity index (χ3n) is 2.48. The van der Waals surface area contributed by atoms with Gasteiger partial charge in [-0.3, -0.25) is 0 Å². The monoisotopic (exact) mass is 265 g/mol. The number of hydrogen-bond acceptors (Lipinski definition) is 2. The van der Waals surface area contributed by atoms with Gasteiger partial charge < -0.3 is 10.5 Å². The van der Waals surface area contributed by atoms with E-state index in [0.29, 0.717) is 18.0 Å². The van der Waals surface area contributed by atoms with E-state index < -0.39 is 5.82 Å². The van der Waals surface area contributed by atoms with Gasteiger partial charge in [0.25, 0.3) is 0 Å². The lowest BCUT2D eigenvalue weighted by atomic mass is 10.1. The lowest BCUT2D eigenvalue weighted by molar-refractivity contribution is 0.476. The van der Waals surface area contributed by atoms with Crippen LogP contribution in [0.4, 0.5) is 4.39 Å². The van der Waals surface area contributed by atoms with E-state index >= 15 is 0 Å². The molecule has 0 atom stereocenters. The van der Waals surface area contributed by atoms with Gasteiger partial charge in [-0.2, -0.15) is 0 Å². The molecule has 0 bridgehead atoms. The molecule has 2 aromatic rings. The standard InChI is InChI=1S/C14H13ClFNO/c15-13-6-5-12(9-14(13)16)18-11-3-1-10(2-4-11)7-8-17/h1-6,9H,7-8,17H2. The van der Waals surface area contributed by atoms with E-state index in [1.54, 1.807) is 6.07 Å². The molecule has 0 aliphatic carbocycles. The zero-order chi connectivity index (χ0) is 13.0. The van der Waals surface area contributed by atoms with Gasteiger partial charge in [-0.05, 0) is 42.8 Å². The van der Waals surface area contributed by atoms with Crippen LogP contribution in [0.25, 0.3) is 0 Å². The highest BCUT2D eigenvalue weighted by Gasteiger charge is 2.03. The molecule has 0 saturated carbocycles. The fraction of sp³-hybridized carbons (Fsp3) is 0.143. The largest absolute Gasteiger partial charge is 0.457 e. The van der Waals surface area contributed by atoms with Crippen LogP contribution < -0.4 is 10.5 Å². The summed E-state index contributed by atoms with van der Waals surface area (Å²) in [6.45, 7) is 0.614. The summed E-state index contributed by atoms with van der Waals surface area (Å²) in [7, 11) is 0. The molecule has 0 unspecified atom stereocenters. The second-order valence-corrected chi connectivity index (χ2v) is 4.27. The number of nitrogens with two attached hydrogens (primary N) is 1. The number of benzene rings is 2. The van der Waals surface area contributed by atoms with Crippen molar-refractivity contribution in [2.75, 3.05) is 6.54 Å². The Balaban J connectivity index is 2.10. The van der Waals surface area contributed by atoms with Gasteiger partial charge in [-0.15, -0.1) is 0 Å². The van der Waals surface area contributed by atoms with Crippen molar-refractivity contribution in [1.29, 1.82) is 0 Å². The predicted octanol–water partition coefficient (Wildman–Crippen LogP) is 3.77. The van der Waals surface area contributed by atoms with Crippen LogP contribution in [0.3, 0.4) is 0 Å². The summed E-state index contributed by atoms with van der Waals surface area (Å²) in [5.74, 6) is 0.579. The van der Waals surface area contributed by atoms with Gasteiger partial charge in [-0.25, -0.2) is 4.39 Å². The average Bonchev–Trinajstić information content (AvgIpc) is 2.37. The molecular formula is C14H13ClFNO. The minimum absolute atomic E-state index is 0.0839. The first-order chi connectivity index (χ1) is 8.69. The maximum absolute atomic E-state index is 13.2. The third-order valence-corrected chi connectivity index (χ3v) is 2.79. The van der Waals surface area contributed by atoms with E-state index in [0.717, 1.165) is 12.0 Å². The van der Waals surface area contributed by atoms with Crippen LogP contribution in [0.5, 0.6) is 11.5 Å². The van der Waals surface area contributed by atoms with Crippen LogP contribution in [-0.2, 0) is 6.42 Å². The van der Waals surface area contributed by atoms with Gasteiger partial charge in [0, 0.05) is 6.07 Å². The summed E-state index contributed by atoms with van der Waals surface area (Å²) in [5.41, 5.74) is 6.61.